The van der Waals surface area contributed by atoms with Crippen molar-refractivity contribution in [1.82, 2.24) is 29.6 Å². The van der Waals surface area contributed by atoms with Gasteiger partial charge in [-0.15, -0.1) is 5.10 Å². The number of hydrogen-bond acceptors (Lipinski definition) is 8. The highest BCUT2D eigenvalue weighted by atomic mass is 16.5. The van der Waals surface area contributed by atoms with Crippen molar-refractivity contribution in [3.05, 3.63) is 71.6 Å². The number of ketones is 1. The molecule has 4 heterocycles. The molecule has 196 valence electrons. The van der Waals surface area contributed by atoms with Crippen LogP contribution in [0, 0.1) is 11.3 Å². The molecule has 12 heteroatoms. The van der Waals surface area contributed by atoms with E-state index in [4.69, 9.17) is 9.84 Å². The maximum Gasteiger partial charge on any atom is 0.311 e. The van der Waals surface area contributed by atoms with Gasteiger partial charge in [-0.3, -0.25) is 14.4 Å². The number of nitriles is 1. The summed E-state index contributed by atoms with van der Waals surface area (Å²) in [6.07, 6.45) is 4.77. The number of benzene rings is 1. The second-order valence-corrected chi connectivity index (χ2v) is 8.86. The van der Waals surface area contributed by atoms with Gasteiger partial charge in [0.25, 0.3) is 11.7 Å². The third kappa shape index (κ3) is 4.85. The van der Waals surface area contributed by atoms with Crippen molar-refractivity contribution in [2.75, 3.05) is 20.2 Å². The number of aliphatic carboxylic acids is 1. The maximum atomic E-state index is 13.4. The number of nitrogens with zero attached hydrogens (tertiary/aromatic N) is 6. The molecule has 2 N–H and O–H groups in total. The zero-order valence-corrected chi connectivity index (χ0v) is 20.9. The number of aromatic nitrogens is 5. The number of aromatic amines is 1. The normalized spacial score (nSPS) is 13.2. The fourth-order valence-electron chi connectivity index (χ4n) is 4.67. The number of ether oxygens (including phenoxy) is 1. The molecule has 1 saturated heterocycles. The standard InChI is InChI=1S/C27H23N7O5/c1-39-20-14-30-26(34-15-31-21(32-34)11-22(35)36)24-23(20)19(13-29-24)25(37)27(38)33-9-7-17(8-10-33)18(12-28)16-5-3-2-4-6-16/h2-6,13-15,29H,7-11H2,1H3,(H,35,36). The van der Waals surface area contributed by atoms with E-state index in [-0.39, 0.29) is 29.4 Å². The first-order valence-electron chi connectivity index (χ1n) is 12.1. The maximum absolute atomic E-state index is 13.4. The van der Waals surface area contributed by atoms with Crippen LogP contribution >= 0.6 is 0 Å². The summed E-state index contributed by atoms with van der Waals surface area (Å²) in [5.41, 5.74) is 2.89. The van der Waals surface area contributed by atoms with Crippen molar-refractivity contribution in [2.24, 2.45) is 0 Å². The predicted octanol–water partition coefficient (Wildman–Crippen LogP) is 2.56. The minimum absolute atomic E-state index is 0.0941. The van der Waals surface area contributed by atoms with Gasteiger partial charge in [-0.25, -0.2) is 14.6 Å². The van der Waals surface area contributed by atoms with Gasteiger partial charge in [0.05, 0.1) is 41.4 Å². The van der Waals surface area contributed by atoms with Gasteiger partial charge >= 0.3 is 5.97 Å². The van der Waals surface area contributed by atoms with Crippen molar-refractivity contribution < 1.29 is 24.2 Å². The van der Waals surface area contributed by atoms with Crippen molar-refractivity contribution in [2.45, 2.75) is 19.3 Å². The first-order chi connectivity index (χ1) is 18.9. The quantitative estimate of drug-likeness (QED) is 0.209. The van der Waals surface area contributed by atoms with Crippen molar-refractivity contribution in [1.29, 1.82) is 5.26 Å². The molecule has 5 rings (SSSR count). The molecule has 1 aliphatic rings. The summed E-state index contributed by atoms with van der Waals surface area (Å²) in [4.78, 5) is 50.5. The molecule has 0 saturated carbocycles. The average molecular weight is 526 g/mol. The number of methoxy groups -OCH3 is 1. The molecular formula is C27H23N7O5. The highest BCUT2D eigenvalue weighted by molar-refractivity contribution is 6.45. The number of Topliss-reactive ketones (excluding diaryl/α,β-unsaturated/α-hetero) is 1. The predicted molar refractivity (Wildman–Crippen MR) is 138 cm³/mol. The fourth-order valence-corrected chi connectivity index (χ4v) is 4.67. The molecule has 0 bridgehead atoms. The topological polar surface area (TPSA) is 167 Å². The summed E-state index contributed by atoms with van der Waals surface area (Å²) in [7, 11) is 1.43. The molecule has 1 amide bonds. The Morgan fingerprint density at radius 3 is 2.56 bits per heavy atom. The number of carbonyl (C=O) groups is 3. The smallest absolute Gasteiger partial charge is 0.311 e. The number of pyridine rings is 1. The van der Waals surface area contributed by atoms with Crippen molar-refractivity contribution in [3.63, 3.8) is 0 Å². The molecule has 0 aliphatic carbocycles. The second-order valence-electron chi connectivity index (χ2n) is 8.86. The highest BCUT2D eigenvalue weighted by Crippen LogP contribution is 2.32. The number of H-pyrrole nitrogens is 1. The van der Waals surface area contributed by atoms with Crippen molar-refractivity contribution >= 4 is 34.1 Å². The number of amides is 1. The third-order valence-corrected chi connectivity index (χ3v) is 6.56. The van der Waals surface area contributed by atoms with Gasteiger partial charge in [0.1, 0.15) is 18.5 Å². The number of carboxylic acids is 1. The molecule has 0 unspecified atom stereocenters. The van der Waals surface area contributed by atoms with E-state index in [0.717, 1.165) is 11.1 Å². The van der Waals surface area contributed by atoms with Crippen LogP contribution in [0.3, 0.4) is 0 Å². The number of nitrogens with one attached hydrogen (secondary N) is 1. The van der Waals surface area contributed by atoms with Crippen LogP contribution < -0.4 is 4.74 Å². The molecule has 0 atom stereocenters. The Morgan fingerprint density at radius 2 is 1.90 bits per heavy atom. The Morgan fingerprint density at radius 1 is 1.15 bits per heavy atom. The van der Waals surface area contributed by atoms with Crippen molar-refractivity contribution in [3.8, 4) is 17.6 Å². The van der Waals surface area contributed by atoms with E-state index >= 15 is 0 Å². The van der Waals surface area contributed by atoms with Gasteiger partial charge in [0.2, 0.25) is 0 Å². The lowest BCUT2D eigenvalue weighted by Crippen LogP contribution is -2.40. The van der Waals surface area contributed by atoms with E-state index in [0.29, 0.717) is 42.4 Å². The summed E-state index contributed by atoms with van der Waals surface area (Å²) in [6.45, 7) is 0.630. The summed E-state index contributed by atoms with van der Waals surface area (Å²) in [6, 6.07) is 11.7. The fraction of sp³-hybridized carbons (Fsp3) is 0.222. The van der Waals surface area contributed by atoms with Gasteiger partial charge in [-0.2, -0.15) is 5.26 Å². The summed E-state index contributed by atoms with van der Waals surface area (Å²) in [5, 5.41) is 23.2. The van der Waals surface area contributed by atoms with Crippen LogP contribution in [0.25, 0.3) is 22.3 Å². The first kappa shape index (κ1) is 25.3. The summed E-state index contributed by atoms with van der Waals surface area (Å²) < 4.78 is 6.72. The number of carbonyl (C=O) groups excluding carboxylic acids is 2. The first-order valence-corrected chi connectivity index (χ1v) is 12.1. The number of piperidine rings is 1. The number of likely N-dealkylation sites (tertiary alicyclic amines) is 1. The lowest BCUT2D eigenvalue weighted by atomic mass is 9.93. The third-order valence-electron chi connectivity index (χ3n) is 6.56. The number of allylic oxidation sites excluding steroid dienone is 1. The van der Waals surface area contributed by atoms with Gasteiger partial charge in [0, 0.05) is 19.3 Å². The van der Waals surface area contributed by atoms with Crippen LogP contribution in [0.5, 0.6) is 5.75 Å². The lowest BCUT2D eigenvalue weighted by molar-refractivity contribution is -0.136. The Balaban J connectivity index is 1.40. The molecule has 1 fully saturated rings. The summed E-state index contributed by atoms with van der Waals surface area (Å²) >= 11 is 0. The average Bonchev–Trinajstić information content (AvgIpc) is 3.60. The van der Waals surface area contributed by atoms with Crippen LogP contribution in [0.2, 0.25) is 0 Å². The number of rotatable bonds is 7. The summed E-state index contributed by atoms with van der Waals surface area (Å²) in [5.74, 6) is -1.80. The largest absolute Gasteiger partial charge is 0.494 e. The Hall–Kier alpha value is -5.31. The molecule has 0 spiro atoms. The van der Waals surface area contributed by atoms with Crippen LogP contribution in [0.4, 0.5) is 0 Å². The lowest BCUT2D eigenvalue weighted by Gasteiger charge is -2.28. The molecule has 39 heavy (non-hydrogen) atoms. The monoisotopic (exact) mass is 525 g/mol. The molecule has 4 aromatic rings. The number of carboxylic acid groups (broad SMARTS) is 1. The van der Waals surface area contributed by atoms with Gasteiger partial charge in [-0.1, -0.05) is 30.3 Å². The van der Waals surface area contributed by atoms with E-state index in [1.165, 1.54) is 35.4 Å². The van der Waals surface area contributed by atoms with Crippen LogP contribution in [-0.2, 0) is 16.0 Å². The van der Waals surface area contributed by atoms with Gasteiger partial charge in [-0.05, 0) is 24.0 Å². The van der Waals surface area contributed by atoms with Gasteiger partial charge < -0.3 is 19.7 Å². The molecule has 12 nitrogen and oxygen atoms in total. The number of fused-ring (bicyclic) bond motifs is 1. The Kier molecular flexibility index (Phi) is 6.88. The van der Waals surface area contributed by atoms with Crippen LogP contribution in [0.15, 0.2) is 54.6 Å². The zero-order valence-electron chi connectivity index (χ0n) is 20.9. The highest BCUT2D eigenvalue weighted by Gasteiger charge is 2.30. The van der Waals surface area contributed by atoms with Crippen LogP contribution in [-0.4, -0.2) is 72.6 Å². The van der Waals surface area contributed by atoms with E-state index < -0.39 is 17.7 Å². The molecular weight excluding hydrogens is 502 g/mol. The molecule has 1 aromatic carbocycles. The molecule has 0 radical (unpaired) electrons. The van der Waals surface area contributed by atoms with Gasteiger partial charge in [0.15, 0.2) is 11.6 Å². The Labute approximate surface area is 222 Å². The zero-order chi connectivity index (χ0) is 27.5. The SMILES string of the molecule is COc1cnc(-n2cnc(CC(=O)O)n2)c2[nH]cc(C(=O)C(=O)N3CCC(=C(C#N)c4ccccc4)CC3)c12. The van der Waals surface area contributed by atoms with Crippen LogP contribution in [0.1, 0.15) is 34.6 Å². The number of hydrogen-bond donors (Lipinski definition) is 2. The van der Waals surface area contributed by atoms with E-state index in [9.17, 15) is 19.6 Å². The molecule has 3 aromatic heterocycles. The Bertz CT molecular complexity index is 1650. The minimum Gasteiger partial charge on any atom is -0.494 e. The van der Waals surface area contributed by atoms with E-state index in [1.807, 2.05) is 30.3 Å². The second kappa shape index (κ2) is 10.6. The minimum atomic E-state index is -1.07. The molecule has 1 aliphatic heterocycles. The van der Waals surface area contributed by atoms with E-state index in [1.54, 1.807) is 0 Å². The van der Waals surface area contributed by atoms with E-state index in [2.05, 4.69) is 26.1 Å².